The molecule has 2 saturated heterocycles. The minimum absolute atomic E-state index is 0.111. The topological polar surface area (TPSA) is 103 Å². The van der Waals surface area contributed by atoms with Crippen molar-refractivity contribution >= 4 is 39.9 Å². The zero-order valence-electron chi connectivity index (χ0n) is 22.5. The average molecular weight is 579 g/mol. The second-order valence-electron chi connectivity index (χ2n) is 10.6. The monoisotopic (exact) mass is 577 g/mol. The van der Waals surface area contributed by atoms with E-state index >= 15 is 0 Å². The van der Waals surface area contributed by atoms with Crippen molar-refractivity contribution in [3.8, 4) is 28.8 Å². The molecule has 0 bridgehead atoms. The Morgan fingerprint density at radius 3 is 2.52 bits per heavy atom. The standard InChI is InChI=1S/C29H29Cl2N7O2/c1-17(26-21(30)13-33-14-22(26)31)40-25-10-19-23(11-24(25)39-3)35-36-27(19)18-6-7-34-28(20(18)12-32)37-15-29(2,16-37)38-8-4-5-9-38/h6-7,10-11,13-14,17H,4-5,8-9,15-16H2,1-3H3,(H,35,36)/t17-/m1/s1. The van der Waals surface area contributed by atoms with Crippen LogP contribution in [0.25, 0.3) is 22.2 Å². The number of ether oxygens (including phenoxy) is 2. The minimum atomic E-state index is -0.483. The molecule has 1 N–H and O–H groups in total. The SMILES string of the molecule is COc1cc2[nH]nc(-c3ccnc(N4CC(C)(N5CCCC5)C4)c3C#N)c2cc1O[C@H](C)c1c(Cl)cncc1Cl. The van der Waals surface area contributed by atoms with Crippen LogP contribution in [0.5, 0.6) is 11.5 Å². The Morgan fingerprint density at radius 2 is 1.85 bits per heavy atom. The number of aromatic amines is 1. The number of nitriles is 1. The summed E-state index contributed by atoms with van der Waals surface area (Å²) in [6.45, 7) is 8.11. The zero-order valence-corrected chi connectivity index (χ0v) is 24.1. The number of anilines is 1. The van der Waals surface area contributed by atoms with Gasteiger partial charge in [-0.05, 0) is 51.9 Å². The molecule has 0 unspecified atom stereocenters. The molecule has 5 heterocycles. The summed E-state index contributed by atoms with van der Waals surface area (Å²) in [5, 5.41) is 19.6. The van der Waals surface area contributed by atoms with E-state index in [0.29, 0.717) is 49.7 Å². The van der Waals surface area contributed by atoms with Gasteiger partial charge in [-0.3, -0.25) is 15.0 Å². The molecule has 40 heavy (non-hydrogen) atoms. The fourth-order valence-electron chi connectivity index (χ4n) is 5.92. The Morgan fingerprint density at radius 1 is 1.12 bits per heavy atom. The predicted octanol–water partition coefficient (Wildman–Crippen LogP) is 6.02. The van der Waals surface area contributed by atoms with Crippen LogP contribution in [0, 0.1) is 11.3 Å². The first kappa shape index (κ1) is 26.6. The van der Waals surface area contributed by atoms with Gasteiger partial charge in [0.15, 0.2) is 11.5 Å². The molecule has 6 rings (SSSR count). The van der Waals surface area contributed by atoms with E-state index in [0.717, 1.165) is 37.1 Å². The molecule has 0 spiro atoms. The third-order valence-corrected chi connectivity index (χ3v) is 8.58. The van der Waals surface area contributed by atoms with Crippen molar-refractivity contribution < 1.29 is 9.47 Å². The fourth-order valence-corrected chi connectivity index (χ4v) is 6.59. The maximum atomic E-state index is 10.3. The van der Waals surface area contributed by atoms with Gasteiger partial charge in [0.05, 0.1) is 28.2 Å². The molecule has 11 heteroatoms. The first-order valence-electron chi connectivity index (χ1n) is 13.2. The zero-order chi connectivity index (χ0) is 28.0. The second kappa shape index (κ2) is 10.4. The van der Waals surface area contributed by atoms with Crippen LogP contribution in [0.1, 0.15) is 43.9 Å². The third-order valence-electron chi connectivity index (χ3n) is 7.98. The number of H-pyrrole nitrogens is 1. The molecule has 2 fully saturated rings. The van der Waals surface area contributed by atoms with Crippen molar-refractivity contribution in [2.24, 2.45) is 0 Å². The van der Waals surface area contributed by atoms with E-state index in [1.54, 1.807) is 13.3 Å². The Bertz CT molecular complexity index is 1600. The number of benzene rings is 1. The molecule has 1 aromatic carbocycles. The lowest BCUT2D eigenvalue weighted by molar-refractivity contribution is 0.101. The van der Waals surface area contributed by atoms with Crippen LogP contribution < -0.4 is 14.4 Å². The number of pyridine rings is 2. The fraction of sp³-hybridized carbons (Fsp3) is 0.379. The van der Waals surface area contributed by atoms with E-state index in [9.17, 15) is 5.26 Å². The van der Waals surface area contributed by atoms with Crippen molar-refractivity contribution in [3.63, 3.8) is 0 Å². The van der Waals surface area contributed by atoms with Crippen molar-refractivity contribution in [1.29, 1.82) is 5.26 Å². The van der Waals surface area contributed by atoms with Crippen molar-refractivity contribution in [3.05, 3.63) is 58.0 Å². The summed E-state index contributed by atoms with van der Waals surface area (Å²) in [6, 6.07) is 7.93. The molecule has 0 saturated carbocycles. The lowest BCUT2D eigenvalue weighted by atomic mass is 9.89. The number of nitrogens with zero attached hydrogens (tertiary/aromatic N) is 6. The minimum Gasteiger partial charge on any atom is -0.493 e. The highest BCUT2D eigenvalue weighted by atomic mass is 35.5. The van der Waals surface area contributed by atoms with Gasteiger partial charge < -0.3 is 14.4 Å². The van der Waals surface area contributed by atoms with Gasteiger partial charge in [0, 0.05) is 54.3 Å². The molecule has 206 valence electrons. The highest BCUT2D eigenvalue weighted by Crippen LogP contribution is 2.42. The number of fused-ring (bicyclic) bond motifs is 1. The maximum absolute atomic E-state index is 10.3. The predicted molar refractivity (Wildman–Crippen MR) is 155 cm³/mol. The molecule has 9 nitrogen and oxygen atoms in total. The second-order valence-corrected chi connectivity index (χ2v) is 11.4. The number of methoxy groups -OCH3 is 1. The number of halogens is 2. The maximum Gasteiger partial charge on any atom is 0.162 e. The summed E-state index contributed by atoms with van der Waals surface area (Å²) in [5.74, 6) is 1.70. The van der Waals surface area contributed by atoms with Gasteiger partial charge in [0.25, 0.3) is 0 Å². The number of rotatable bonds is 7. The molecule has 2 aliphatic heterocycles. The van der Waals surface area contributed by atoms with Gasteiger partial charge in [-0.15, -0.1) is 0 Å². The summed E-state index contributed by atoms with van der Waals surface area (Å²) in [6.07, 6.45) is 6.83. The van der Waals surface area contributed by atoms with Gasteiger partial charge >= 0.3 is 0 Å². The first-order valence-corrected chi connectivity index (χ1v) is 14.0. The lowest BCUT2D eigenvalue weighted by Crippen LogP contribution is -2.68. The molecular weight excluding hydrogens is 549 g/mol. The van der Waals surface area contributed by atoms with Crippen LogP contribution in [0.3, 0.4) is 0 Å². The van der Waals surface area contributed by atoms with Crippen LogP contribution >= 0.6 is 23.2 Å². The van der Waals surface area contributed by atoms with Crippen molar-refractivity contribution in [1.82, 2.24) is 25.1 Å². The lowest BCUT2D eigenvalue weighted by Gasteiger charge is -2.53. The molecule has 3 aromatic heterocycles. The average Bonchev–Trinajstić information content (AvgIpc) is 3.61. The normalized spacial score (nSPS) is 17.4. The van der Waals surface area contributed by atoms with Gasteiger partial charge in [0.1, 0.15) is 29.2 Å². The summed E-state index contributed by atoms with van der Waals surface area (Å²) in [5.41, 5.74) is 3.34. The highest BCUT2D eigenvalue weighted by Gasteiger charge is 2.45. The number of likely N-dealkylation sites (tertiary alicyclic amines) is 1. The van der Waals surface area contributed by atoms with Crippen LogP contribution in [-0.4, -0.2) is 63.9 Å². The number of aromatic nitrogens is 4. The van der Waals surface area contributed by atoms with E-state index in [-0.39, 0.29) is 5.54 Å². The summed E-state index contributed by atoms with van der Waals surface area (Å²) < 4.78 is 11.9. The summed E-state index contributed by atoms with van der Waals surface area (Å²) in [7, 11) is 1.58. The molecule has 2 aliphatic rings. The molecule has 0 aliphatic carbocycles. The van der Waals surface area contributed by atoms with E-state index < -0.39 is 6.10 Å². The van der Waals surface area contributed by atoms with E-state index in [2.05, 4.69) is 43.0 Å². The molecule has 4 aromatic rings. The third kappa shape index (κ3) is 4.50. The summed E-state index contributed by atoms with van der Waals surface area (Å²) >= 11 is 12.8. The van der Waals surface area contributed by atoms with Crippen molar-refractivity contribution in [2.75, 3.05) is 38.2 Å². The van der Waals surface area contributed by atoms with Gasteiger partial charge in [-0.2, -0.15) is 10.4 Å². The highest BCUT2D eigenvalue weighted by molar-refractivity contribution is 6.35. The Kier molecular flexibility index (Phi) is 6.95. The van der Waals surface area contributed by atoms with Gasteiger partial charge in [-0.25, -0.2) is 4.98 Å². The molecule has 1 atom stereocenters. The van der Waals surface area contributed by atoms with Crippen LogP contribution in [0.2, 0.25) is 10.0 Å². The Hall–Kier alpha value is -3.58. The number of nitrogens with one attached hydrogen (secondary N) is 1. The van der Waals surface area contributed by atoms with Crippen LogP contribution in [-0.2, 0) is 0 Å². The Balaban J connectivity index is 1.35. The van der Waals surface area contributed by atoms with Gasteiger partial charge in [0.2, 0.25) is 0 Å². The number of hydrogen-bond donors (Lipinski definition) is 1. The van der Waals surface area contributed by atoms with Crippen LogP contribution in [0.15, 0.2) is 36.8 Å². The van der Waals surface area contributed by atoms with E-state index in [1.807, 2.05) is 25.1 Å². The summed E-state index contributed by atoms with van der Waals surface area (Å²) in [4.78, 5) is 13.4. The van der Waals surface area contributed by atoms with Gasteiger partial charge in [-0.1, -0.05) is 23.2 Å². The Labute approximate surface area is 242 Å². The number of hydrogen-bond acceptors (Lipinski definition) is 8. The van der Waals surface area contributed by atoms with E-state index in [1.165, 1.54) is 25.2 Å². The first-order chi connectivity index (χ1) is 19.3. The smallest absolute Gasteiger partial charge is 0.162 e. The molecule has 0 amide bonds. The molecule has 0 radical (unpaired) electrons. The van der Waals surface area contributed by atoms with Crippen LogP contribution in [0.4, 0.5) is 5.82 Å². The molecular formula is C29H29Cl2N7O2. The quantitative estimate of drug-likeness (QED) is 0.284. The largest absolute Gasteiger partial charge is 0.493 e. The van der Waals surface area contributed by atoms with Crippen molar-refractivity contribution in [2.45, 2.75) is 38.3 Å². The van der Waals surface area contributed by atoms with E-state index in [4.69, 9.17) is 32.7 Å².